The Kier molecular flexibility index (Phi) is 3.82. The van der Waals surface area contributed by atoms with Crippen LogP contribution in [0.15, 0.2) is 33.6 Å². The number of hydrogen-bond donors (Lipinski definition) is 1. The van der Waals surface area contributed by atoms with E-state index in [-0.39, 0.29) is 5.41 Å². The molecule has 1 atom stereocenters. The molecule has 2 N–H and O–H groups in total. The van der Waals surface area contributed by atoms with Crippen molar-refractivity contribution in [2.75, 3.05) is 12.3 Å². The summed E-state index contributed by atoms with van der Waals surface area (Å²) in [7, 11) is -0.906. The van der Waals surface area contributed by atoms with Crippen LogP contribution in [0.4, 0.5) is 0 Å². The molecule has 1 aromatic rings. The van der Waals surface area contributed by atoms with E-state index in [1.165, 1.54) is 12.8 Å². The first-order valence-corrected chi connectivity index (χ1v) is 7.61. The molecule has 1 aliphatic rings. The maximum Gasteiger partial charge on any atom is 0.0546 e. The first kappa shape index (κ1) is 12.3. The summed E-state index contributed by atoms with van der Waals surface area (Å²) < 4.78 is 13.2. The van der Waals surface area contributed by atoms with Gasteiger partial charge in [-0.1, -0.05) is 12.1 Å². The lowest BCUT2D eigenvalue weighted by Crippen LogP contribution is -2.17. The van der Waals surface area contributed by atoms with Crippen LogP contribution in [0, 0.1) is 5.41 Å². The van der Waals surface area contributed by atoms with Crippen LogP contribution < -0.4 is 5.73 Å². The smallest absolute Gasteiger partial charge is 0.0546 e. The molecule has 16 heavy (non-hydrogen) atoms. The first-order valence-electron chi connectivity index (χ1n) is 5.50. The van der Waals surface area contributed by atoms with Crippen molar-refractivity contribution < 1.29 is 4.21 Å². The molecule has 1 fully saturated rings. The third-order valence-corrected chi connectivity index (χ3v) is 5.83. The Balaban J connectivity index is 2.07. The molecule has 0 radical (unpaired) electrons. The summed E-state index contributed by atoms with van der Waals surface area (Å²) in [6, 6.07) is 7.74. The van der Waals surface area contributed by atoms with Crippen molar-refractivity contribution in [1.82, 2.24) is 0 Å². The zero-order valence-corrected chi connectivity index (χ0v) is 11.5. The van der Waals surface area contributed by atoms with Gasteiger partial charge in [-0.3, -0.25) is 4.21 Å². The van der Waals surface area contributed by atoms with Crippen LogP contribution in [0.1, 0.15) is 19.3 Å². The van der Waals surface area contributed by atoms with Crippen LogP contribution in [0.5, 0.6) is 0 Å². The minimum atomic E-state index is -0.906. The van der Waals surface area contributed by atoms with E-state index in [9.17, 15) is 4.21 Å². The zero-order chi connectivity index (χ0) is 11.6. The predicted octanol–water partition coefficient (Wildman–Crippen LogP) is 2.69. The van der Waals surface area contributed by atoms with Crippen LogP contribution >= 0.6 is 15.9 Å². The fraction of sp³-hybridized carbons (Fsp3) is 0.500. The fourth-order valence-electron chi connectivity index (χ4n) is 1.93. The van der Waals surface area contributed by atoms with Gasteiger partial charge in [0.25, 0.3) is 0 Å². The fourth-order valence-corrected chi connectivity index (χ4v) is 4.42. The second-order valence-electron chi connectivity index (χ2n) is 4.46. The molecular formula is C12H16BrNOS. The van der Waals surface area contributed by atoms with Crippen molar-refractivity contribution in [3.8, 4) is 0 Å². The van der Waals surface area contributed by atoms with E-state index in [2.05, 4.69) is 15.9 Å². The molecule has 1 unspecified atom stereocenters. The van der Waals surface area contributed by atoms with E-state index in [0.717, 1.165) is 21.5 Å². The summed E-state index contributed by atoms with van der Waals surface area (Å²) in [6.45, 7) is 0.702. The van der Waals surface area contributed by atoms with Gasteiger partial charge in [0.15, 0.2) is 0 Å². The van der Waals surface area contributed by atoms with Crippen molar-refractivity contribution in [2.45, 2.75) is 24.2 Å². The number of benzene rings is 1. The predicted molar refractivity (Wildman–Crippen MR) is 70.8 cm³/mol. The lowest BCUT2D eigenvalue weighted by atomic mass is 10.1. The van der Waals surface area contributed by atoms with Gasteiger partial charge in [-0.15, -0.1) is 0 Å². The van der Waals surface area contributed by atoms with Crippen molar-refractivity contribution in [1.29, 1.82) is 0 Å². The molecule has 0 saturated heterocycles. The molecule has 1 aromatic carbocycles. The molecule has 4 heteroatoms. The van der Waals surface area contributed by atoms with Gasteiger partial charge in [-0.25, -0.2) is 0 Å². The Morgan fingerprint density at radius 1 is 1.38 bits per heavy atom. The average Bonchev–Trinajstić information content (AvgIpc) is 2.99. The quantitative estimate of drug-likeness (QED) is 0.908. The summed E-state index contributed by atoms with van der Waals surface area (Å²) in [6.07, 6.45) is 3.37. The van der Waals surface area contributed by atoms with E-state index in [0.29, 0.717) is 6.54 Å². The highest BCUT2D eigenvalue weighted by Crippen LogP contribution is 2.49. The second-order valence-corrected chi connectivity index (χ2v) is 6.73. The summed E-state index contributed by atoms with van der Waals surface area (Å²) in [5.74, 6) is 0.757. The number of nitrogens with two attached hydrogens (primary N) is 1. The third kappa shape index (κ3) is 2.73. The van der Waals surface area contributed by atoms with Gasteiger partial charge in [-0.05, 0) is 59.3 Å². The second kappa shape index (κ2) is 4.98. The van der Waals surface area contributed by atoms with Crippen molar-refractivity contribution in [3.63, 3.8) is 0 Å². The van der Waals surface area contributed by atoms with E-state index in [4.69, 9.17) is 5.73 Å². The molecular weight excluding hydrogens is 286 g/mol. The highest BCUT2D eigenvalue weighted by Gasteiger charge is 2.43. The molecule has 0 spiro atoms. The summed E-state index contributed by atoms with van der Waals surface area (Å²) >= 11 is 3.45. The van der Waals surface area contributed by atoms with E-state index in [1.54, 1.807) is 0 Å². The van der Waals surface area contributed by atoms with Crippen LogP contribution in [0.2, 0.25) is 0 Å². The van der Waals surface area contributed by atoms with Gasteiger partial charge in [0.1, 0.15) is 0 Å². The minimum absolute atomic E-state index is 0.273. The summed E-state index contributed by atoms with van der Waals surface area (Å²) in [4.78, 5) is 0.908. The van der Waals surface area contributed by atoms with E-state index >= 15 is 0 Å². The number of hydrogen-bond acceptors (Lipinski definition) is 2. The summed E-state index contributed by atoms with van der Waals surface area (Å²) in [5, 5.41) is 0. The van der Waals surface area contributed by atoms with Crippen molar-refractivity contribution >= 4 is 26.7 Å². The highest BCUT2D eigenvalue weighted by molar-refractivity contribution is 9.10. The molecule has 0 aromatic heterocycles. The molecule has 1 aliphatic carbocycles. The molecule has 2 nitrogen and oxygen atoms in total. The Hall–Kier alpha value is -0.190. The van der Waals surface area contributed by atoms with Gasteiger partial charge >= 0.3 is 0 Å². The van der Waals surface area contributed by atoms with E-state index < -0.39 is 10.8 Å². The Labute approximate surface area is 107 Å². The van der Waals surface area contributed by atoms with Crippen LogP contribution in [0.3, 0.4) is 0 Å². The van der Waals surface area contributed by atoms with Gasteiger partial charge in [0.05, 0.1) is 15.7 Å². The Morgan fingerprint density at radius 3 is 2.62 bits per heavy atom. The third-order valence-electron chi connectivity index (χ3n) is 3.15. The van der Waals surface area contributed by atoms with Crippen molar-refractivity contribution in [2.24, 2.45) is 11.1 Å². The normalized spacial score (nSPS) is 19.4. The van der Waals surface area contributed by atoms with Crippen LogP contribution in [-0.2, 0) is 10.8 Å². The summed E-state index contributed by atoms with van der Waals surface area (Å²) in [5.41, 5.74) is 5.86. The zero-order valence-electron chi connectivity index (χ0n) is 9.12. The molecule has 0 aliphatic heterocycles. The lowest BCUT2D eigenvalue weighted by Gasteiger charge is -2.13. The molecule has 0 heterocycles. The maximum absolute atomic E-state index is 12.2. The Morgan fingerprint density at radius 2 is 2.06 bits per heavy atom. The van der Waals surface area contributed by atoms with Crippen LogP contribution in [-0.4, -0.2) is 16.5 Å². The van der Waals surface area contributed by atoms with Gasteiger partial charge in [-0.2, -0.15) is 0 Å². The molecule has 0 amide bonds. The molecule has 0 bridgehead atoms. The van der Waals surface area contributed by atoms with Gasteiger partial charge in [0, 0.05) is 10.2 Å². The monoisotopic (exact) mass is 301 g/mol. The largest absolute Gasteiger partial charge is 0.330 e. The Bertz CT molecular complexity index is 404. The molecule has 1 saturated carbocycles. The lowest BCUT2D eigenvalue weighted by molar-refractivity contribution is 0.529. The van der Waals surface area contributed by atoms with Crippen molar-refractivity contribution in [3.05, 3.63) is 28.7 Å². The van der Waals surface area contributed by atoms with Gasteiger partial charge < -0.3 is 5.73 Å². The molecule has 88 valence electrons. The first-order chi connectivity index (χ1) is 7.67. The maximum atomic E-state index is 12.2. The standard InChI is InChI=1S/C12H16BrNOS/c13-10-3-1-2-4-11(10)16(15)9-12(5-6-12)7-8-14/h1-4H,5-9,14H2. The SMILES string of the molecule is NCCC1(CS(=O)c2ccccc2Br)CC1. The highest BCUT2D eigenvalue weighted by atomic mass is 79.9. The number of rotatable bonds is 5. The van der Waals surface area contributed by atoms with Crippen LogP contribution in [0.25, 0.3) is 0 Å². The molecule has 2 rings (SSSR count). The minimum Gasteiger partial charge on any atom is -0.330 e. The number of halogens is 1. The van der Waals surface area contributed by atoms with E-state index in [1.807, 2.05) is 24.3 Å². The topological polar surface area (TPSA) is 43.1 Å². The van der Waals surface area contributed by atoms with Gasteiger partial charge in [0.2, 0.25) is 0 Å². The average molecular weight is 302 g/mol.